The number of likely N-dealkylation sites (N-methyl/N-ethyl adjacent to an activating group) is 1. The van der Waals surface area contributed by atoms with Crippen LogP contribution in [0.2, 0.25) is 10.0 Å². The van der Waals surface area contributed by atoms with Crippen LogP contribution in [0, 0.1) is 0 Å². The molecule has 4 heteroatoms. The van der Waals surface area contributed by atoms with Gasteiger partial charge in [0.25, 0.3) is 0 Å². The quantitative estimate of drug-likeness (QED) is 0.706. The zero-order chi connectivity index (χ0) is 17.1. The highest BCUT2D eigenvalue weighted by Crippen LogP contribution is 2.25. The standard InChI is InChI=1S/C20H17Cl2NO/c1-23-12-16(10-14-6-2-4-8-18(14)21)20(24)17(13-23)11-15-7-3-5-9-19(15)22/h2-11H,12-13H2,1H3. The molecule has 2 nitrogen and oxygen atoms in total. The molecule has 0 unspecified atom stereocenters. The van der Waals surface area contributed by atoms with Crippen molar-refractivity contribution in [1.82, 2.24) is 4.90 Å². The predicted molar refractivity (Wildman–Crippen MR) is 101 cm³/mol. The van der Waals surface area contributed by atoms with E-state index in [4.69, 9.17) is 23.2 Å². The molecule has 0 spiro atoms. The molecule has 2 aromatic carbocycles. The maximum Gasteiger partial charge on any atom is 0.187 e. The van der Waals surface area contributed by atoms with E-state index in [9.17, 15) is 4.79 Å². The van der Waals surface area contributed by atoms with Crippen LogP contribution in [0.15, 0.2) is 59.7 Å². The van der Waals surface area contributed by atoms with Crippen molar-refractivity contribution in [2.45, 2.75) is 0 Å². The van der Waals surface area contributed by atoms with Gasteiger partial charge >= 0.3 is 0 Å². The first kappa shape index (κ1) is 17.0. The first-order valence-electron chi connectivity index (χ1n) is 7.68. The van der Waals surface area contributed by atoms with E-state index in [1.165, 1.54) is 0 Å². The van der Waals surface area contributed by atoms with Gasteiger partial charge in [0.2, 0.25) is 0 Å². The summed E-state index contributed by atoms with van der Waals surface area (Å²) in [6.45, 7) is 1.20. The van der Waals surface area contributed by atoms with Gasteiger partial charge in [-0.15, -0.1) is 0 Å². The Morgan fingerprint density at radius 3 is 1.67 bits per heavy atom. The largest absolute Gasteiger partial charge is 0.298 e. The van der Waals surface area contributed by atoms with E-state index in [-0.39, 0.29) is 5.78 Å². The number of hydrogen-bond acceptors (Lipinski definition) is 2. The van der Waals surface area contributed by atoms with E-state index in [0.717, 1.165) is 22.3 Å². The number of nitrogens with zero attached hydrogens (tertiary/aromatic N) is 1. The normalized spacial score (nSPS) is 19.2. The van der Waals surface area contributed by atoms with Crippen LogP contribution < -0.4 is 0 Å². The fraction of sp³-hybridized carbons (Fsp3) is 0.150. The number of Topliss-reactive ketones (excluding diaryl/α,β-unsaturated/α-hetero) is 1. The number of likely N-dealkylation sites (tertiary alicyclic amines) is 1. The van der Waals surface area contributed by atoms with Gasteiger partial charge in [0, 0.05) is 34.3 Å². The second-order valence-electron chi connectivity index (χ2n) is 5.88. The number of hydrogen-bond donors (Lipinski definition) is 0. The van der Waals surface area contributed by atoms with Crippen LogP contribution in [0.25, 0.3) is 12.2 Å². The number of halogens is 2. The van der Waals surface area contributed by atoms with Gasteiger partial charge in [-0.05, 0) is 42.5 Å². The summed E-state index contributed by atoms with van der Waals surface area (Å²) in [4.78, 5) is 15.0. The van der Waals surface area contributed by atoms with Gasteiger partial charge in [-0.1, -0.05) is 59.6 Å². The second kappa shape index (κ2) is 7.35. The predicted octanol–water partition coefficient (Wildman–Crippen LogP) is 4.97. The average molecular weight is 358 g/mol. The van der Waals surface area contributed by atoms with Crippen LogP contribution in [-0.4, -0.2) is 30.8 Å². The minimum absolute atomic E-state index is 0.0490. The number of rotatable bonds is 2. The van der Waals surface area contributed by atoms with Crippen molar-refractivity contribution in [3.8, 4) is 0 Å². The summed E-state index contributed by atoms with van der Waals surface area (Å²) in [5, 5.41) is 1.28. The van der Waals surface area contributed by atoms with Crippen LogP contribution in [0.1, 0.15) is 11.1 Å². The summed E-state index contributed by atoms with van der Waals surface area (Å²) < 4.78 is 0. The van der Waals surface area contributed by atoms with Crippen molar-refractivity contribution in [2.24, 2.45) is 0 Å². The molecule has 1 aliphatic rings. The Labute approximate surface area is 152 Å². The van der Waals surface area contributed by atoms with Crippen LogP contribution in [-0.2, 0) is 4.79 Å². The van der Waals surface area contributed by atoms with Gasteiger partial charge < -0.3 is 0 Å². The minimum atomic E-state index is 0.0490. The Morgan fingerprint density at radius 1 is 0.833 bits per heavy atom. The molecule has 2 aromatic rings. The van der Waals surface area contributed by atoms with E-state index >= 15 is 0 Å². The highest BCUT2D eigenvalue weighted by atomic mass is 35.5. The molecule has 0 N–H and O–H groups in total. The molecular formula is C20H17Cl2NO. The van der Waals surface area contributed by atoms with Crippen molar-refractivity contribution in [2.75, 3.05) is 20.1 Å². The molecule has 0 aromatic heterocycles. The third-order valence-corrected chi connectivity index (χ3v) is 4.62. The van der Waals surface area contributed by atoms with Gasteiger partial charge in [-0.2, -0.15) is 0 Å². The van der Waals surface area contributed by atoms with Gasteiger partial charge in [0.05, 0.1) is 0 Å². The first-order chi connectivity index (χ1) is 11.5. The summed E-state index contributed by atoms with van der Waals surface area (Å²) in [5.74, 6) is 0.0490. The lowest BCUT2D eigenvalue weighted by Gasteiger charge is -2.26. The summed E-state index contributed by atoms with van der Waals surface area (Å²) >= 11 is 12.4. The summed E-state index contributed by atoms with van der Waals surface area (Å²) in [6, 6.07) is 15.1. The Kier molecular flexibility index (Phi) is 5.20. The first-order valence-corrected chi connectivity index (χ1v) is 8.43. The van der Waals surface area contributed by atoms with Gasteiger partial charge in [0.1, 0.15) is 0 Å². The third-order valence-electron chi connectivity index (χ3n) is 3.93. The highest BCUT2D eigenvalue weighted by Gasteiger charge is 2.24. The molecule has 1 fully saturated rings. The summed E-state index contributed by atoms with van der Waals surface area (Å²) in [7, 11) is 1.99. The maximum absolute atomic E-state index is 12.9. The molecule has 1 aliphatic heterocycles. The lowest BCUT2D eigenvalue weighted by molar-refractivity contribution is -0.113. The molecule has 0 bridgehead atoms. The van der Waals surface area contributed by atoms with Crippen LogP contribution in [0.5, 0.6) is 0 Å². The van der Waals surface area contributed by atoms with Gasteiger partial charge in [0.15, 0.2) is 5.78 Å². The van der Waals surface area contributed by atoms with Gasteiger partial charge in [-0.25, -0.2) is 0 Å². The Balaban J connectivity index is 1.98. The Hall–Kier alpha value is -1.87. The molecule has 0 aliphatic carbocycles. The number of benzene rings is 2. The van der Waals surface area contributed by atoms with Crippen molar-refractivity contribution in [1.29, 1.82) is 0 Å². The lowest BCUT2D eigenvalue weighted by atomic mass is 9.94. The fourth-order valence-corrected chi connectivity index (χ4v) is 3.15. The van der Waals surface area contributed by atoms with E-state index in [1.807, 2.05) is 67.7 Å². The maximum atomic E-state index is 12.9. The SMILES string of the molecule is CN1CC(=Cc2ccccc2Cl)C(=O)C(=Cc2ccccc2Cl)C1. The zero-order valence-corrected chi connectivity index (χ0v) is 14.8. The number of carbonyl (C=O) groups is 1. The monoisotopic (exact) mass is 357 g/mol. The molecule has 3 rings (SSSR count). The summed E-state index contributed by atoms with van der Waals surface area (Å²) in [6.07, 6.45) is 3.75. The fourth-order valence-electron chi connectivity index (χ4n) is 2.77. The Morgan fingerprint density at radius 2 is 1.25 bits per heavy atom. The molecule has 0 radical (unpaired) electrons. The average Bonchev–Trinajstić information content (AvgIpc) is 2.56. The lowest BCUT2D eigenvalue weighted by Crippen LogP contribution is -2.34. The van der Waals surface area contributed by atoms with E-state index in [2.05, 4.69) is 4.90 Å². The Bertz CT molecular complexity index is 772. The van der Waals surface area contributed by atoms with Crippen LogP contribution >= 0.6 is 23.2 Å². The molecular weight excluding hydrogens is 341 g/mol. The number of ketones is 1. The second-order valence-corrected chi connectivity index (χ2v) is 6.70. The van der Waals surface area contributed by atoms with Gasteiger partial charge in [-0.3, -0.25) is 9.69 Å². The van der Waals surface area contributed by atoms with E-state index in [0.29, 0.717) is 23.1 Å². The van der Waals surface area contributed by atoms with E-state index in [1.54, 1.807) is 0 Å². The third kappa shape index (κ3) is 3.78. The topological polar surface area (TPSA) is 20.3 Å². The molecule has 0 amide bonds. The molecule has 1 saturated heterocycles. The van der Waals surface area contributed by atoms with E-state index < -0.39 is 0 Å². The molecule has 122 valence electrons. The number of piperidine rings is 1. The molecule has 1 heterocycles. The highest BCUT2D eigenvalue weighted by molar-refractivity contribution is 6.33. The van der Waals surface area contributed by atoms with Crippen molar-refractivity contribution in [3.63, 3.8) is 0 Å². The van der Waals surface area contributed by atoms with Crippen molar-refractivity contribution < 1.29 is 4.79 Å². The number of carbonyl (C=O) groups excluding carboxylic acids is 1. The smallest absolute Gasteiger partial charge is 0.187 e. The summed E-state index contributed by atoms with van der Waals surface area (Å²) in [5.41, 5.74) is 3.18. The van der Waals surface area contributed by atoms with Crippen LogP contribution in [0.3, 0.4) is 0 Å². The molecule has 24 heavy (non-hydrogen) atoms. The molecule has 0 atom stereocenters. The molecule has 0 saturated carbocycles. The van der Waals surface area contributed by atoms with Crippen molar-refractivity contribution >= 4 is 41.1 Å². The van der Waals surface area contributed by atoms with Crippen LogP contribution in [0.4, 0.5) is 0 Å². The zero-order valence-electron chi connectivity index (χ0n) is 13.3. The minimum Gasteiger partial charge on any atom is -0.298 e. The van der Waals surface area contributed by atoms with Crippen molar-refractivity contribution in [3.05, 3.63) is 80.8 Å².